The Labute approximate surface area is 339 Å². The van der Waals surface area contributed by atoms with Gasteiger partial charge in [-0.1, -0.05) is 46.8 Å². The van der Waals surface area contributed by atoms with Gasteiger partial charge in [0.2, 0.25) is 5.79 Å². The van der Waals surface area contributed by atoms with E-state index in [4.69, 9.17) is 35.3 Å². The zero-order valence-electron chi connectivity index (χ0n) is 35.0. The molecule has 3 fully saturated rings. The van der Waals surface area contributed by atoms with Gasteiger partial charge in [0.1, 0.15) is 18.2 Å². The quantitative estimate of drug-likeness (QED) is 0.146. The lowest BCUT2D eigenvalue weighted by Gasteiger charge is -2.47. The van der Waals surface area contributed by atoms with Crippen molar-refractivity contribution in [2.24, 2.45) is 29.6 Å². The Kier molecular flexibility index (Phi) is 17.2. The molecule has 2 unspecified atom stereocenters. The predicted octanol–water partition coefficient (Wildman–Crippen LogP) is 5.72. The second-order valence-corrected chi connectivity index (χ2v) is 17.6. The highest BCUT2D eigenvalue weighted by molar-refractivity contribution is 6.39. The van der Waals surface area contributed by atoms with Crippen molar-refractivity contribution in [2.75, 3.05) is 27.9 Å². The lowest BCUT2D eigenvalue weighted by Crippen LogP contribution is -2.64. The van der Waals surface area contributed by atoms with Crippen LogP contribution in [0.1, 0.15) is 112 Å². The van der Waals surface area contributed by atoms with Crippen molar-refractivity contribution >= 4 is 35.0 Å². The van der Waals surface area contributed by atoms with Gasteiger partial charge < -0.3 is 38.8 Å². The molecule has 13 heteroatoms. The number of rotatable bonds is 6. The minimum Gasteiger partial charge on any atom is -0.456 e. The summed E-state index contributed by atoms with van der Waals surface area (Å²) in [6.45, 7) is 11.4. The average molecular weight is 810 g/mol. The summed E-state index contributed by atoms with van der Waals surface area (Å²) in [5.41, 5.74) is 1.32. The first-order valence-electron chi connectivity index (χ1n) is 20.8. The van der Waals surface area contributed by atoms with Gasteiger partial charge in [0.15, 0.2) is 5.78 Å². The van der Waals surface area contributed by atoms with E-state index in [0.717, 1.165) is 12.8 Å². The number of piperidine rings is 1. The van der Waals surface area contributed by atoms with Crippen molar-refractivity contribution in [3.63, 3.8) is 0 Å². The molecular formula is C43H68ClNO11. The van der Waals surface area contributed by atoms with Gasteiger partial charge in [0.05, 0.1) is 29.8 Å². The number of ketones is 2. The summed E-state index contributed by atoms with van der Waals surface area (Å²) in [5.74, 6) is -6.93. The molecule has 0 aromatic rings. The molecule has 0 aromatic carbocycles. The highest BCUT2D eigenvalue weighted by atomic mass is 35.5. The molecule has 3 aliphatic heterocycles. The molecule has 2 N–H and O–H groups in total. The van der Waals surface area contributed by atoms with E-state index in [9.17, 15) is 29.4 Å². The molecule has 4 aliphatic rings. The second kappa shape index (κ2) is 20.7. The molecule has 0 spiro atoms. The lowest BCUT2D eigenvalue weighted by molar-refractivity contribution is -0.302. The Bertz CT molecular complexity index is 1440. The molecule has 14 atom stereocenters. The number of halogens is 1. The van der Waals surface area contributed by atoms with Crippen molar-refractivity contribution in [1.29, 1.82) is 0 Å². The molecule has 4 rings (SSSR count). The summed E-state index contributed by atoms with van der Waals surface area (Å²) < 4.78 is 29.9. The number of methoxy groups -OCH3 is 3. The number of aliphatic hydroxyl groups excluding tert-OH is 1. The van der Waals surface area contributed by atoms with Gasteiger partial charge in [-0.25, -0.2) is 4.79 Å². The van der Waals surface area contributed by atoms with E-state index >= 15 is 0 Å². The van der Waals surface area contributed by atoms with Crippen molar-refractivity contribution < 1.29 is 53.1 Å². The number of ether oxygens (including phenoxy) is 5. The molecular weight excluding hydrogens is 742 g/mol. The number of esters is 1. The maximum absolute atomic E-state index is 14.3. The summed E-state index contributed by atoms with van der Waals surface area (Å²) in [4.78, 5) is 57.7. The number of aliphatic hydroxyl groups is 2. The first-order valence-corrected chi connectivity index (χ1v) is 21.2. The number of amides is 1. The van der Waals surface area contributed by atoms with E-state index in [1.54, 1.807) is 21.0 Å². The monoisotopic (exact) mass is 809 g/mol. The van der Waals surface area contributed by atoms with Gasteiger partial charge in [0.25, 0.3) is 11.7 Å². The lowest BCUT2D eigenvalue weighted by atomic mass is 9.81. The zero-order valence-corrected chi connectivity index (χ0v) is 35.8. The molecule has 0 aromatic heterocycles. The van der Waals surface area contributed by atoms with Crippen LogP contribution in [0.25, 0.3) is 0 Å². The molecule has 1 aliphatic carbocycles. The number of nitrogens with zero attached hydrogens (tertiary/aromatic N) is 1. The molecule has 12 nitrogen and oxygen atoms in total. The number of hydrogen-bond donors (Lipinski definition) is 2. The first-order chi connectivity index (χ1) is 26.5. The minimum absolute atomic E-state index is 0.00186. The maximum Gasteiger partial charge on any atom is 0.329 e. The number of fused-ring (bicyclic) bond motifs is 3. The van der Waals surface area contributed by atoms with Gasteiger partial charge in [-0.2, -0.15) is 0 Å². The number of carbonyl (C=O) groups excluding carboxylic acids is 4. The van der Waals surface area contributed by atoms with Crippen molar-refractivity contribution in [3.8, 4) is 0 Å². The Balaban J connectivity index is 1.76. The van der Waals surface area contributed by atoms with Crippen molar-refractivity contribution in [1.82, 2.24) is 4.90 Å². The van der Waals surface area contributed by atoms with Crippen molar-refractivity contribution in [3.05, 3.63) is 23.3 Å². The van der Waals surface area contributed by atoms with Crippen LogP contribution in [-0.4, -0.2) is 120 Å². The van der Waals surface area contributed by atoms with E-state index in [2.05, 4.69) is 6.92 Å². The molecule has 3 heterocycles. The van der Waals surface area contributed by atoms with Gasteiger partial charge in [-0.15, -0.1) is 11.6 Å². The summed E-state index contributed by atoms with van der Waals surface area (Å²) in [6.07, 6.45) is 5.14. The number of cyclic esters (lactones) is 1. The molecule has 2 saturated heterocycles. The minimum atomic E-state index is -2.49. The summed E-state index contributed by atoms with van der Waals surface area (Å²) in [5, 5.41) is 23.6. The molecule has 1 amide bonds. The van der Waals surface area contributed by atoms with Crippen LogP contribution >= 0.6 is 11.6 Å². The fourth-order valence-corrected chi connectivity index (χ4v) is 9.72. The number of allylic oxidation sites excluding steroid dienone is 3. The normalized spacial score (nSPS) is 41.6. The fourth-order valence-electron chi connectivity index (χ4n) is 9.39. The number of carbonyl (C=O) groups is 4. The molecule has 56 heavy (non-hydrogen) atoms. The highest BCUT2D eigenvalue weighted by Gasteiger charge is 2.56. The Morgan fingerprint density at radius 2 is 1.61 bits per heavy atom. The SMILES string of the molecule is CC/C1=C\C(C)C[C@H](C)C[C@H](OC)[C@H]2O[C@@](O)(C(=O)C(=O)N3CCCC[C@H]3C(=O)OC(C(C)=C[C@@H]3CC[C@H](Cl)[C@H](OC)C3)[C@H](C)[C@@H](O)CC1=O)[C@H](C)C[C@@H]2OC. The fraction of sp³-hybridized carbons (Fsp3) is 0.814. The topological polar surface area (TPSA) is 158 Å². The molecule has 0 radical (unpaired) electrons. The van der Waals surface area contributed by atoms with E-state index in [-0.39, 0.29) is 60.8 Å². The van der Waals surface area contributed by atoms with Gasteiger partial charge in [0, 0.05) is 46.1 Å². The van der Waals surface area contributed by atoms with Crippen LogP contribution in [0.15, 0.2) is 23.3 Å². The van der Waals surface area contributed by atoms with Crippen molar-refractivity contribution in [2.45, 2.75) is 166 Å². The van der Waals surface area contributed by atoms with Gasteiger partial charge in [-0.3, -0.25) is 14.4 Å². The van der Waals surface area contributed by atoms with Crippen LogP contribution < -0.4 is 0 Å². The van der Waals surface area contributed by atoms with Gasteiger partial charge in [-0.05, 0) is 100 Å². The molecule has 318 valence electrons. The van der Waals surface area contributed by atoms with Gasteiger partial charge >= 0.3 is 5.97 Å². The Morgan fingerprint density at radius 1 is 0.946 bits per heavy atom. The maximum atomic E-state index is 14.3. The van der Waals surface area contributed by atoms with E-state index in [1.807, 2.05) is 32.9 Å². The summed E-state index contributed by atoms with van der Waals surface area (Å²) in [6, 6.07) is -1.12. The third-order valence-corrected chi connectivity index (χ3v) is 13.3. The largest absolute Gasteiger partial charge is 0.456 e. The van der Waals surface area contributed by atoms with E-state index in [0.29, 0.717) is 49.7 Å². The second-order valence-electron chi connectivity index (χ2n) is 17.1. The van der Waals surface area contributed by atoms with Crippen LogP contribution in [0.3, 0.4) is 0 Å². The van der Waals surface area contributed by atoms with Crippen LogP contribution in [0.2, 0.25) is 0 Å². The smallest absolute Gasteiger partial charge is 0.329 e. The predicted molar refractivity (Wildman–Crippen MR) is 212 cm³/mol. The molecule has 2 bridgehead atoms. The van der Waals surface area contributed by atoms with Crippen LogP contribution in [0, 0.1) is 29.6 Å². The highest BCUT2D eigenvalue weighted by Crippen LogP contribution is 2.39. The van der Waals surface area contributed by atoms with E-state index in [1.165, 1.54) is 19.1 Å². The number of hydrogen-bond acceptors (Lipinski definition) is 11. The Morgan fingerprint density at radius 3 is 2.25 bits per heavy atom. The first kappa shape index (κ1) is 46.5. The standard InChI is InChI=1S/C43H68ClNO11/c1-10-30-18-24(2)17-25(3)19-36(53-8)39-37(54-9)21-27(5)43(51,56-39)40(48)41(49)45-16-12-11-13-32(45)42(50)55-38(28(6)33(46)23-34(30)47)26(4)20-29-14-15-31(44)35(22-29)52-7/h18,20,24-25,27-29,31-33,35-39,46,51H,10-17,19,21-23H2,1-9H3/b26-20?,30-18+/t24?,25-,27+,28+,29-,31-,32-,33-,35+,36-,37-,38?,39+,43+/m0/s1. The summed E-state index contributed by atoms with van der Waals surface area (Å²) in [7, 11) is 4.72. The van der Waals surface area contributed by atoms with Crippen LogP contribution in [0.4, 0.5) is 0 Å². The number of Topliss-reactive ketones (excluding diaryl/α,β-unsaturated/α-hetero) is 2. The number of alkyl halides is 1. The Hall–Kier alpha value is -2.19. The van der Waals surface area contributed by atoms with Crippen LogP contribution in [0.5, 0.6) is 0 Å². The third-order valence-electron chi connectivity index (χ3n) is 12.8. The van der Waals surface area contributed by atoms with Crippen LogP contribution in [-0.2, 0) is 42.9 Å². The average Bonchev–Trinajstić information content (AvgIpc) is 3.18. The molecule has 1 saturated carbocycles. The van der Waals surface area contributed by atoms with E-state index < -0.39 is 71.8 Å². The summed E-state index contributed by atoms with van der Waals surface area (Å²) >= 11 is 6.52. The zero-order chi connectivity index (χ0) is 41.5. The third kappa shape index (κ3) is 10.9.